The van der Waals surface area contributed by atoms with Gasteiger partial charge in [-0.25, -0.2) is 4.79 Å². The van der Waals surface area contributed by atoms with Crippen molar-refractivity contribution < 1.29 is 19.2 Å². The van der Waals surface area contributed by atoms with Gasteiger partial charge in [-0.15, -0.1) is 0 Å². The van der Waals surface area contributed by atoms with E-state index in [2.05, 4.69) is 5.32 Å². The zero-order chi connectivity index (χ0) is 20.9. The second-order valence-electron chi connectivity index (χ2n) is 7.60. The highest BCUT2D eigenvalue weighted by atomic mass is 35.5. The van der Waals surface area contributed by atoms with Crippen LogP contribution in [0.2, 0.25) is 5.02 Å². The Morgan fingerprint density at radius 1 is 1.33 bits per heavy atom. The number of halogens is 1. The second-order valence-corrected chi connectivity index (χ2v) is 8.00. The van der Waals surface area contributed by atoms with Crippen LogP contribution < -0.4 is 5.32 Å². The Balaban J connectivity index is 2.92. The Morgan fingerprint density at radius 2 is 1.93 bits per heavy atom. The number of ether oxygens (including phenoxy) is 1. The number of hydrogen-bond donors (Lipinski definition) is 1. The molecule has 0 aliphatic carbocycles. The number of amides is 2. The minimum Gasteiger partial charge on any atom is -0.444 e. The van der Waals surface area contributed by atoms with E-state index in [0.717, 1.165) is 0 Å². The molecule has 1 N–H and O–H groups in total. The first-order chi connectivity index (χ1) is 12.3. The third kappa shape index (κ3) is 7.05. The van der Waals surface area contributed by atoms with Crippen molar-refractivity contribution in [3.05, 3.63) is 38.9 Å². The van der Waals surface area contributed by atoms with Gasteiger partial charge in [0.15, 0.2) is 0 Å². The zero-order valence-electron chi connectivity index (χ0n) is 16.4. The van der Waals surface area contributed by atoms with Crippen LogP contribution in [0.1, 0.15) is 40.2 Å². The van der Waals surface area contributed by atoms with Gasteiger partial charge in [0.2, 0.25) is 5.91 Å². The Bertz CT molecular complexity index is 715. The predicted octanol–water partition coefficient (Wildman–Crippen LogP) is 3.76. The zero-order valence-corrected chi connectivity index (χ0v) is 17.2. The summed E-state index contributed by atoms with van der Waals surface area (Å²) in [6.07, 6.45) is -0.684. The number of carbonyl (C=O) groups is 2. The molecule has 0 spiro atoms. The normalized spacial score (nSPS) is 12.4. The third-order valence-electron chi connectivity index (χ3n) is 3.63. The summed E-state index contributed by atoms with van der Waals surface area (Å²) in [5.74, 6) is -0.536. The molecule has 1 atom stereocenters. The summed E-state index contributed by atoms with van der Waals surface area (Å²) < 4.78 is 5.21. The standard InChI is InChI=1S/C18H26ClN3O5/c1-11(2)15(20-17(24)27-18(3,4)5)16(23)21(6)10-12-9-13(22(25)26)7-8-14(12)19/h7-9,11,15H,10H2,1-6H3,(H,20,24). The van der Waals surface area contributed by atoms with E-state index in [9.17, 15) is 19.7 Å². The largest absolute Gasteiger partial charge is 0.444 e. The Labute approximate surface area is 164 Å². The van der Waals surface area contributed by atoms with Gasteiger partial charge in [0.25, 0.3) is 5.69 Å². The van der Waals surface area contributed by atoms with Crippen LogP contribution in [0.3, 0.4) is 0 Å². The van der Waals surface area contributed by atoms with E-state index in [-0.39, 0.29) is 24.1 Å². The molecule has 27 heavy (non-hydrogen) atoms. The van der Waals surface area contributed by atoms with Crippen LogP contribution in [0.4, 0.5) is 10.5 Å². The van der Waals surface area contributed by atoms with Gasteiger partial charge >= 0.3 is 6.09 Å². The topological polar surface area (TPSA) is 102 Å². The summed E-state index contributed by atoms with van der Waals surface area (Å²) in [4.78, 5) is 36.6. The van der Waals surface area contributed by atoms with Gasteiger partial charge < -0.3 is 15.0 Å². The maximum Gasteiger partial charge on any atom is 0.408 e. The summed E-state index contributed by atoms with van der Waals surface area (Å²) in [6.45, 7) is 8.86. The van der Waals surface area contributed by atoms with Gasteiger partial charge in [-0.05, 0) is 38.3 Å². The lowest BCUT2D eigenvalue weighted by molar-refractivity contribution is -0.384. The number of nitrogens with zero attached hydrogens (tertiary/aromatic N) is 2. The molecule has 1 rings (SSSR count). The first kappa shape index (κ1) is 22.7. The molecule has 9 heteroatoms. The number of rotatable bonds is 6. The number of non-ortho nitro benzene ring substituents is 1. The molecule has 0 saturated carbocycles. The summed E-state index contributed by atoms with van der Waals surface area (Å²) in [5.41, 5.74) is -0.346. The van der Waals surface area contributed by atoms with E-state index in [1.54, 1.807) is 41.7 Å². The highest BCUT2D eigenvalue weighted by Crippen LogP contribution is 2.23. The van der Waals surface area contributed by atoms with Crippen molar-refractivity contribution in [3.63, 3.8) is 0 Å². The SMILES string of the molecule is CC(C)C(NC(=O)OC(C)(C)C)C(=O)N(C)Cc1cc([N+](=O)[O-])ccc1Cl. The number of carbonyl (C=O) groups excluding carboxylic acids is 2. The number of nitro benzene ring substituents is 1. The van der Waals surface area contributed by atoms with Crippen LogP contribution in [0, 0.1) is 16.0 Å². The molecule has 0 aliphatic rings. The fourth-order valence-corrected chi connectivity index (χ4v) is 2.49. The molecule has 0 bridgehead atoms. The maximum absolute atomic E-state index is 12.8. The van der Waals surface area contributed by atoms with Crippen LogP contribution in [-0.4, -0.2) is 40.5 Å². The third-order valence-corrected chi connectivity index (χ3v) is 4.00. The lowest BCUT2D eigenvalue weighted by atomic mass is 10.0. The van der Waals surface area contributed by atoms with Crippen molar-refractivity contribution in [1.82, 2.24) is 10.2 Å². The van der Waals surface area contributed by atoms with E-state index >= 15 is 0 Å². The first-order valence-electron chi connectivity index (χ1n) is 8.49. The van der Waals surface area contributed by atoms with E-state index in [1.165, 1.54) is 23.1 Å². The molecule has 0 aliphatic heterocycles. The Hall–Kier alpha value is -2.35. The summed E-state index contributed by atoms with van der Waals surface area (Å²) in [7, 11) is 1.55. The molecule has 1 unspecified atom stereocenters. The summed E-state index contributed by atoms with van der Waals surface area (Å²) in [6, 6.07) is 3.25. The van der Waals surface area contributed by atoms with Gasteiger partial charge in [0.05, 0.1) is 4.92 Å². The quantitative estimate of drug-likeness (QED) is 0.579. The predicted molar refractivity (Wildman–Crippen MR) is 103 cm³/mol. The molecular weight excluding hydrogens is 374 g/mol. The Kier molecular flexibility index (Phi) is 7.59. The monoisotopic (exact) mass is 399 g/mol. The van der Waals surface area contributed by atoms with Gasteiger partial charge in [0, 0.05) is 30.7 Å². The van der Waals surface area contributed by atoms with Crippen molar-refractivity contribution >= 4 is 29.3 Å². The van der Waals surface area contributed by atoms with Gasteiger partial charge in [-0.1, -0.05) is 25.4 Å². The van der Waals surface area contributed by atoms with Gasteiger partial charge in [0.1, 0.15) is 11.6 Å². The highest BCUT2D eigenvalue weighted by molar-refractivity contribution is 6.31. The molecule has 150 valence electrons. The van der Waals surface area contributed by atoms with Crippen LogP contribution >= 0.6 is 11.6 Å². The number of likely N-dealkylation sites (N-methyl/N-ethyl adjacent to an activating group) is 1. The molecule has 1 aromatic rings. The fraction of sp³-hybridized carbons (Fsp3) is 0.556. The molecule has 0 radical (unpaired) electrons. The minimum atomic E-state index is -0.803. The number of alkyl carbamates (subject to hydrolysis) is 1. The van der Waals surface area contributed by atoms with Crippen molar-refractivity contribution in [3.8, 4) is 0 Å². The lowest BCUT2D eigenvalue weighted by Gasteiger charge is -2.28. The molecular formula is C18H26ClN3O5. The van der Waals surface area contributed by atoms with E-state index in [0.29, 0.717) is 10.6 Å². The van der Waals surface area contributed by atoms with Crippen LogP contribution in [0.15, 0.2) is 18.2 Å². The molecule has 0 aromatic heterocycles. The Morgan fingerprint density at radius 3 is 2.41 bits per heavy atom. The average molecular weight is 400 g/mol. The van der Waals surface area contributed by atoms with Crippen LogP contribution in [0.25, 0.3) is 0 Å². The smallest absolute Gasteiger partial charge is 0.408 e. The molecule has 0 fully saturated rings. The van der Waals surface area contributed by atoms with Crippen molar-refractivity contribution in [2.24, 2.45) is 5.92 Å². The number of hydrogen-bond acceptors (Lipinski definition) is 5. The van der Waals surface area contributed by atoms with E-state index in [1.807, 2.05) is 0 Å². The molecule has 8 nitrogen and oxygen atoms in total. The number of nitro groups is 1. The van der Waals surface area contributed by atoms with Crippen LogP contribution in [-0.2, 0) is 16.1 Å². The second kappa shape index (κ2) is 9.03. The summed E-state index contributed by atoms with van der Waals surface area (Å²) in [5, 5.41) is 13.8. The number of benzene rings is 1. The summed E-state index contributed by atoms with van der Waals surface area (Å²) >= 11 is 6.10. The van der Waals surface area contributed by atoms with Gasteiger partial charge in [-0.2, -0.15) is 0 Å². The first-order valence-corrected chi connectivity index (χ1v) is 8.87. The van der Waals surface area contributed by atoms with Crippen molar-refractivity contribution in [2.45, 2.75) is 52.8 Å². The lowest BCUT2D eigenvalue weighted by Crippen LogP contribution is -2.51. The molecule has 0 saturated heterocycles. The average Bonchev–Trinajstić information content (AvgIpc) is 2.51. The van der Waals surface area contributed by atoms with E-state index in [4.69, 9.17) is 16.3 Å². The number of nitrogens with one attached hydrogen (secondary N) is 1. The minimum absolute atomic E-state index is 0.0680. The maximum atomic E-state index is 12.8. The molecule has 0 heterocycles. The van der Waals surface area contributed by atoms with Crippen molar-refractivity contribution in [2.75, 3.05) is 7.05 Å². The molecule has 1 aromatic carbocycles. The highest BCUT2D eigenvalue weighted by Gasteiger charge is 2.29. The van der Waals surface area contributed by atoms with Gasteiger partial charge in [-0.3, -0.25) is 14.9 Å². The van der Waals surface area contributed by atoms with Crippen LogP contribution in [0.5, 0.6) is 0 Å². The van der Waals surface area contributed by atoms with E-state index < -0.39 is 22.7 Å². The fourth-order valence-electron chi connectivity index (χ4n) is 2.31. The van der Waals surface area contributed by atoms with Crippen molar-refractivity contribution in [1.29, 1.82) is 0 Å². The molecule has 2 amide bonds.